The molecule has 0 saturated heterocycles. The molecule has 0 bridgehead atoms. The first-order chi connectivity index (χ1) is 9.04. The molecule has 1 amide bonds. The summed E-state index contributed by atoms with van der Waals surface area (Å²) in [6.07, 6.45) is 0.903. The van der Waals surface area contributed by atoms with Crippen molar-refractivity contribution in [1.29, 1.82) is 0 Å². The molecule has 0 aliphatic carbocycles. The minimum atomic E-state index is -0.293. The number of benzene rings is 1. The van der Waals surface area contributed by atoms with Gasteiger partial charge in [0.2, 0.25) is 5.91 Å². The molecule has 0 aromatic heterocycles. The van der Waals surface area contributed by atoms with Crippen LogP contribution < -0.4 is 10.6 Å². The predicted octanol–water partition coefficient (Wildman–Crippen LogP) is 2.65. The largest absolute Gasteiger partial charge is 0.328 e. The van der Waals surface area contributed by atoms with E-state index in [9.17, 15) is 9.18 Å². The highest BCUT2D eigenvalue weighted by Crippen LogP contribution is 2.16. The zero-order valence-electron chi connectivity index (χ0n) is 11.4. The van der Waals surface area contributed by atoms with Crippen LogP contribution >= 0.6 is 11.8 Å². The van der Waals surface area contributed by atoms with Gasteiger partial charge in [-0.2, -0.15) is 11.8 Å². The highest BCUT2D eigenvalue weighted by atomic mass is 32.2. The van der Waals surface area contributed by atoms with Crippen LogP contribution in [0.15, 0.2) is 24.3 Å². The van der Waals surface area contributed by atoms with E-state index in [1.54, 1.807) is 28.8 Å². The number of nitrogens with two attached hydrogens (primary N) is 1. The predicted molar refractivity (Wildman–Crippen MR) is 80.0 cm³/mol. The van der Waals surface area contributed by atoms with Crippen LogP contribution in [0.4, 0.5) is 10.1 Å². The highest BCUT2D eigenvalue weighted by Gasteiger charge is 2.13. The molecule has 0 radical (unpaired) electrons. The van der Waals surface area contributed by atoms with Gasteiger partial charge in [0.25, 0.3) is 0 Å². The summed E-state index contributed by atoms with van der Waals surface area (Å²) < 4.78 is 12.9. The van der Waals surface area contributed by atoms with E-state index in [-0.39, 0.29) is 17.8 Å². The number of nitrogens with zero attached hydrogens (tertiary/aromatic N) is 1. The first-order valence-corrected chi connectivity index (χ1v) is 7.59. The summed E-state index contributed by atoms with van der Waals surface area (Å²) in [6, 6.07) is 6.16. The summed E-state index contributed by atoms with van der Waals surface area (Å²) in [7, 11) is 0. The third kappa shape index (κ3) is 5.61. The molecule has 106 valence electrons. The van der Waals surface area contributed by atoms with Crippen molar-refractivity contribution >= 4 is 23.4 Å². The molecule has 0 aliphatic rings. The lowest BCUT2D eigenvalue weighted by Gasteiger charge is -2.21. The normalized spacial score (nSPS) is 12.2. The van der Waals surface area contributed by atoms with Gasteiger partial charge in [0.1, 0.15) is 5.82 Å². The van der Waals surface area contributed by atoms with Crippen molar-refractivity contribution in [1.82, 2.24) is 0 Å². The molecule has 0 heterocycles. The standard InChI is InChI=1S/C14H21FN2OS/c1-3-17(13-6-4-12(15)5-7-13)14(18)10-19-9-8-11(2)16/h4-7,11H,3,8-10,16H2,1-2H3. The summed E-state index contributed by atoms with van der Waals surface area (Å²) in [5.41, 5.74) is 6.39. The monoisotopic (exact) mass is 284 g/mol. The summed E-state index contributed by atoms with van der Waals surface area (Å²) in [4.78, 5) is 13.7. The van der Waals surface area contributed by atoms with Gasteiger partial charge >= 0.3 is 0 Å². The first-order valence-electron chi connectivity index (χ1n) is 6.43. The van der Waals surface area contributed by atoms with Crippen molar-refractivity contribution in [3.05, 3.63) is 30.1 Å². The lowest BCUT2D eigenvalue weighted by atomic mass is 10.3. The second-order valence-electron chi connectivity index (χ2n) is 4.43. The Bertz CT molecular complexity index is 395. The molecule has 0 spiro atoms. The van der Waals surface area contributed by atoms with Crippen LogP contribution in [-0.4, -0.2) is 30.0 Å². The number of hydrogen-bond donors (Lipinski definition) is 1. The zero-order valence-corrected chi connectivity index (χ0v) is 12.3. The van der Waals surface area contributed by atoms with Crippen molar-refractivity contribution in [2.24, 2.45) is 5.73 Å². The minimum Gasteiger partial charge on any atom is -0.328 e. The van der Waals surface area contributed by atoms with E-state index in [1.165, 1.54) is 12.1 Å². The van der Waals surface area contributed by atoms with Crippen molar-refractivity contribution in [3.8, 4) is 0 Å². The maximum atomic E-state index is 12.9. The number of halogens is 1. The number of amides is 1. The molecule has 1 rings (SSSR count). The molecule has 3 nitrogen and oxygen atoms in total. The van der Waals surface area contributed by atoms with Gasteiger partial charge in [0.15, 0.2) is 0 Å². The van der Waals surface area contributed by atoms with Crippen LogP contribution in [0.3, 0.4) is 0 Å². The molecule has 1 aromatic rings. The minimum absolute atomic E-state index is 0.0452. The second kappa shape index (κ2) is 8.17. The molecule has 1 atom stereocenters. The lowest BCUT2D eigenvalue weighted by Crippen LogP contribution is -2.32. The van der Waals surface area contributed by atoms with Gasteiger partial charge in [-0.3, -0.25) is 4.79 Å². The molecule has 0 aliphatic heterocycles. The number of rotatable bonds is 7. The Morgan fingerprint density at radius 2 is 2.05 bits per heavy atom. The smallest absolute Gasteiger partial charge is 0.236 e. The van der Waals surface area contributed by atoms with Gasteiger partial charge in [0, 0.05) is 18.3 Å². The molecule has 0 fully saturated rings. The van der Waals surface area contributed by atoms with Crippen LogP contribution in [0, 0.1) is 5.82 Å². The molecule has 1 aromatic carbocycles. The fourth-order valence-electron chi connectivity index (χ4n) is 1.63. The number of anilines is 1. The van der Waals surface area contributed by atoms with E-state index in [0.717, 1.165) is 17.9 Å². The van der Waals surface area contributed by atoms with Gasteiger partial charge in [-0.15, -0.1) is 0 Å². The fourth-order valence-corrected chi connectivity index (χ4v) is 2.64. The summed E-state index contributed by atoms with van der Waals surface area (Å²) in [5, 5.41) is 0. The van der Waals surface area contributed by atoms with Crippen LogP contribution in [-0.2, 0) is 4.79 Å². The van der Waals surface area contributed by atoms with Crippen LogP contribution in [0.25, 0.3) is 0 Å². The Kier molecular flexibility index (Phi) is 6.87. The summed E-state index contributed by atoms with van der Waals surface area (Å²) >= 11 is 1.59. The summed E-state index contributed by atoms with van der Waals surface area (Å²) in [5.74, 6) is 1.06. The third-order valence-corrected chi connectivity index (χ3v) is 3.67. The van der Waals surface area contributed by atoms with Gasteiger partial charge < -0.3 is 10.6 Å². The number of carbonyl (C=O) groups excluding carboxylic acids is 1. The maximum Gasteiger partial charge on any atom is 0.236 e. The highest BCUT2D eigenvalue weighted by molar-refractivity contribution is 7.99. The zero-order chi connectivity index (χ0) is 14.3. The Balaban J connectivity index is 2.50. The maximum absolute atomic E-state index is 12.9. The van der Waals surface area contributed by atoms with Crippen LogP contribution in [0.2, 0.25) is 0 Å². The van der Waals surface area contributed by atoms with E-state index in [0.29, 0.717) is 12.3 Å². The summed E-state index contributed by atoms with van der Waals surface area (Å²) in [6.45, 7) is 4.45. The molecule has 0 saturated carbocycles. The van der Waals surface area contributed by atoms with Gasteiger partial charge in [-0.1, -0.05) is 0 Å². The number of thioether (sulfide) groups is 1. The molecular formula is C14H21FN2OS. The Labute approximate surface area is 118 Å². The SMILES string of the molecule is CCN(C(=O)CSCCC(C)N)c1ccc(F)cc1. The number of hydrogen-bond acceptors (Lipinski definition) is 3. The first kappa shape index (κ1) is 16.0. The van der Waals surface area contributed by atoms with Gasteiger partial charge in [-0.05, 0) is 50.3 Å². The Morgan fingerprint density at radius 1 is 1.42 bits per heavy atom. The molecule has 2 N–H and O–H groups in total. The van der Waals surface area contributed by atoms with E-state index in [4.69, 9.17) is 5.73 Å². The topological polar surface area (TPSA) is 46.3 Å². The lowest BCUT2D eigenvalue weighted by molar-refractivity contribution is -0.116. The average molecular weight is 284 g/mol. The second-order valence-corrected chi connectivity index (χ2v) is 5.54. The van der Waals surface area contributed by atoms with E-state index in [2.05, 4.69) is 0 Å². The van der Waals surface area contributed by atoms with E-state index >= 15 is 0 Å². The van der Waals surface area contributed by atoms with Crippen molar-refractivity contribution in [2.75, 3.05) is 23.0 Å². The quantitative estimate of drug-likeness (QED) is 0.783. The van der Waals surface area contributed by atoms with Crippen molar-refractivity contribution in [3.63, 3.8) is 0 Å². The van der Waals surface area contributed by atoms with Crippen molar-refractivity contribution < 1.29 is 9.18 Å². The fraction of sp³-hybridized carbons (Fsp3) is 0.500. The molecular weight excluding hydrogens is 263 g/mol. The van der Waals surface area contributed by atoms with Crippen LogP contribution in [0.1, 0.15) is 20.3 Å². The van der Waals surface area contributed by atoms with Gasteiger partial charge in [0.05, 0.1) is 5.75 Å². The Morgan fingerprint density at radius 3 is 2.58 bits per heavy atom. The molecule has 5 heteroatoms. The van der Waals surface area contributed by atoms with Crippen molar-refractivity contribution in [2.45, 2.75) is 26.3 Å². The number of carbonyl (C=O) groups is 1. The van der Waals surface area contributed by atoms with Gasteiger partial charge in [-0.25, -0.2) is 4.39 Å². The average Bonchev–Trinajstić information content (AvgIpc) is 2.37. The third-order valence-electron chi connectivity index (χ3n) is 2.70. The van der Waals surface area contributed by atoms with E-state index in [1.807, 2.05) is 13.8 Å². The van der Waals surface area contributed by atoms with E-state index < -0.39 is 0 Å². The van der Waals surface area contributed by atoms with Crippen LogP contribution in [0.5, 0.6) is 0 Å². The molecule has 1 unspecified atom stereocenters. The Hall–Kier alpha value is -1.07. The molecule has 19 heavy (non-hydrogen) atoms.